The second-order valence-corrected chi connectivity index (χ2v) is 6.38. The van der Waals surface area contributed by atoms with Crippen LogP contribution in [0.2, 0.25) is 0 Å². The summed E-state index contributed by atoms with van der Waals surface area (Å²) in [4.78, 5) is 14.4. The lowest BCUT2D eigenvalue weighted by Gasteiger charge is -2.28. The van der Waals surface area contributed by atoms with Gasteiger partial charge in [0.15, 0.2) is 0 Å². The van der Waals surface area contributed by atoms with E-state index >= 15 is 0 Å². The minimum absolute atomic E-state index is 0.0753. The number of carbonyl (C=O) groups excluding carboxylic acids is 1. The normalized spacial score (nSPS) is 13.5. The van der Waals surface area contributed by atoms with Crippen LogP contribution < -0.4 is 10.5 Å². The van der Waals surface area contributed by atoms with E-state index in [-0.39, 0.29) is 5.91 Å². The van der Waals surface area contributed by atoms with Gasteiger partial charge in [-0.15, -0.1) is 5.10 Å². The Labute approximate surface area is 151 Å². The van der Waals surface area contributed by atoms with E-state index in [0.29, 0.717) is 38.4 Å². The largest absolute Gasteiger partial charge is 0.492 e. The van der Waals surface area contributed by atoms with Crippen LogP contribution in [-0.4, -0.2) is 34.2 Å². The van der Waals surface area contributed by atoms with Crippen LogP contribution in [0.3, 0.4) is 0 Å². The van der Waals surface area contributed by atoms with Gasteiger partial charge < -0.3 is 15.4 Å². The third kappa shape index (κ3) is 3.31. The maximum Gasteiger partial charge on any atom is 0.226 e. The summed E-state index contributed by atoms with van der Waals surface area (Å²) in [7, 11) is 0. The van der Waals surface area contributed by atoms with Crippen molar-refractivity contribution in [2.24, 2.45) is 0 Å². The highest BCUT2D eigenvalue weighted by Crippen LogP contribution is 2.25. The first kappa shape index (κ1) is 16.3. The summed E-state index contributed by atoms with van der Waals surface area (Å²) in [6, 6.07) is 15.8. The fourth-order valence-corrected chi connectivity index (χ4v) is 3.29. The van der Waals surface area contributed by atoms with Crippen molar-refractivity contribution < 1.29 is 9.53 Å². The number of anilines is 1. The minimum Gasteiger partial charge on any atom is -0.492 e. The summed E-state index contributed by atoms with van der Waals surface area (Å²) in [5.41, 5.74) is 7.60. The van der Waals surface area contributed by atoms with Crippen LogP contribution in [0.15, 0.2) is 48.5 Å². The van der Waals surface area contributed by atoms with Crippen molar-refractivity contribution in [2.75, 3.05) is 18.9 Å². The molecule has 0 bridgehead atoms. The number of amides is 1. The van der Waals surface area contributed by atoms with E-state index in [9.17, 15) is 4.79 Å². The Bertz CT molecular complexity index is 952. The zero-order valence-corrected chi connectivity index (χ0v) is 14.4. The fraction of sp³-hybridized carbons (Fsp3) is 0.250. The van der Waals surface area contributed by atoms with Crippen molar-refractivity contribution in [3.8, 4) is 5.75 Å². The van der Waals surface area contributed by atoms with Crippen molar-refractivity contribution in [1.29, 1.82) is 0 Å². The molecule has 1 aliphatic heterocycles. The van der Waals surface area contributed by atoms with E-state index in [1.165, 1.54) is 0 Å². The van der Waals surface area contributed by atoms with Crippen LogP contribution in [0.4, 0.5) is 5.82 Å². The van der Waals surface area contributed by atoms with E-state index in [4.69, 9.17) is 10.5 Å². The monoisotopic (exact) mass is 348 g/mol. The molecule has 6 nitrogen and oxygen atoms in total. The molecule has 0 unspecified atom stereocenters. The molecule has 132 valence electrons. The van der Waals surface area contributed by atoms with E-state index < -0.39 is 0 Å². The van der Waals surface area contributed by atoms with Gasteiger partial charge in [-0.25, -0.2) is 0 Å². The van der Waals surface area contributed by atoms with Crippen molar-refractivity contribution >= 4 is 22.5 Å². The molecule has 0 saturated carbocycles. The highest BCUT2D eigenvalue weighted by Gasteiger charge is 2.22. The maximum absolute atomic E-state index is 12.5. The van der Waals surface area contributed by atoms with Gasteiger partial charge >= 0.3 is 0 Å². The van der Waals surface area contributed by atoms with Crippen LogP contribution in [0.25, 0.3) is 10.8 Å². The Morgan fingerprint density at radius 1 is 1.15 bits per heavy atom. The molecule has 0 radical (unpaired) electrons. The minimum atomic E-state index is 0.0753. The smallest absolute Gasteiger partial charge is 0.226 e. The number of rotatable bonds is 4. The highest BCUT2D eigenvalue weighted by molar-refractivity contribution is 5.88. The quantitative estimate of drug-likeness (QED) is 0.784. The van der Waals surface area contributed by atoms with Crippen LogP contribution in [-0.2, 0) is 17.8 Å². The third-order valence-corrected chi connectivity index (χ3v) is 4.63. The second kappa shape index (κ2) is 7.00. The number of hydrogen-bond acceptors (Lipinski definition) is 5. The molecule has 0 fully saturated rings. The van der Waals surface area contributed by atoms with Crippen LogP contribution >= 0.6 is 0 Å². The lowest BCUT2D eigenvalue weighted by Crippen LogP contribution is -2.37. The molecule has 2 aromatic carbocycles. The Morgan fingerprint density at radius 2 is 2.00 bits per heavy atom. The molecule has 0 spiro atoms. The SMILES string of the molecule is Nc1cc2c(nn1)CCN(C(=O)CCOc1cccc3ccccc13)C2. The first-order chi connectivity index (χ1) is 12.7. The molecule has 1 aromatic heterocycles. The summed E-state index contributed by atoms with van der Waals surface area (Å²) >= 11 is 0. The molecule has 2 heterocycles. The predicted molar refractivity (Wildman–Crippen MR) is 99.6 cm³/mol. The molecule has 0 aliphatic carbocycles. The number of benzene rings is 2. The zero-order valence-electron chi connectivity index (χ0n) is 14.4. The lowest BCUT2D eigenvalue weighted by atomic mass is 10.1. The van der Waals surface area contributed by atoms with Crippen LogP contribution in [0, 0.1) is 0 Å². The number of hydrogen-bond donors (Lipinski definition) is 1. The molecule has 26 heavy (non-hydrogen) atoms. The summed E-state index contributed by atoms with van der Waals surface area (Å²) in [6.45, 7) is 1.54. The molecule has 0 saturated heterocycles. The van der Waals surface area contributed by atoms with E-state index in [1.54, 1.807) is 6.07 Å². The molecular weight excluding hydrogens is 328 g/mol. The Balaban J connectivity index is 1.37. The first-order valence-corrected chi connectivity index (χ1v) is 8.70. The average molecular weight is 348 g/mol. The summed E-state index contributed by atoms with van der Waals surface area (Å²) in [5, 5.41) is 10.2. The van der Waals surface area contributed by atoms with E-state index in [0.717, 1.165) is 27.8 Å². The summed E-state index contributed by atoms with van der Waals surface area (Å²) in [5.74, 6) is 1.27. The molecule has 3 aromatic rings. The fourth-order valence-electron chi connectivity index (χ4n) is 3.29. The van der Waals surface area contributed by atoms with Gasteiger partial charge in [-0.1, -0.05) is 36.4 Å². The standard InChI is InChI=1S/C20H20N4O2/c21-19-12-15-13-24(10-8-17(15)22-23-19)20(25)9-11-26-18-7-3-5-14-4-1-2-6-16(14)18/h1-7,12H,8-11,13H2,(H2,21,23). The number of carbonyl (C=O) groups is 1. The average Bonchev–Trinajstić information content (AvgIpc) is 2.67. The Kier molecular flexibility index (Phi) is 4.39. The maximum atomic E-state index is 12.5. The molecule has 4 rings (SSSR count). The number of fused-ring (bicyclic) bond motifs is 2. The Hall–Kier alpha value is -3.15. The van der Waals surface area contributed by atoms with Crippen molar-refractivity contribution in [3.63, 3.8) is 0 Å². The van der Waals surface area contributed by atoms with Crippen LogP contribution in [0.5, 0.6) is 5.75 Å². The van der Waals surface area contributed by atoms with Gasteiger partial charge in [-0.3, -0.25) is 4.79 Å². The van der Waals surface area contributed by atoms with Gasteiger partial charge in [0.2, 0.25) is 5.91 Å². The molecule has 0 atom stereocenters. The number of aromatic nitrogens is 2. The van der Waals surface area contributed by atoms with Crippen LogP contribution in [0.1, 0.15) is 17.7 Å². The predicted octanol–water partition coefficient (Wildman–Crippen LogP) is 2.57. The van der Waals surface area contributed by atoms with Gasteiger partial charge in [0, 0.05) is 24.9 Å². The molecule has 1 amide bonds. The number of nitrogens with zero attached hydrogens (tertiary/aromatic N) is 3. The Morgan fingerprint density at radius 3 is 2.92 bits per heavy atom. The summed E-state index contributed by atoms with van der Waals surface area (Å²) in [6.07, 6.45) is 1.05. The van der Waals surface area contributed by atoms with Gasteiger partial charge in [0.05, 0.1) is 18.7 Å². The second-order valence-electron chi connectivity index (χ2n) is 6.38. The highest BCUT2D eigenvalue weighted by atomic mass is 16.5. The number of ether oxygens (including phenoxy) is 1. The zero-order chi connectivity index (χ0) is 17.9. The molecule has 6 heteroatoms. The van der Waals surface area contributed by atoms with E-state index in [2.05, 4.69) is 10.2 Å². The topological polar surface area (TPSA) is 81.3 Å². The number of nitrogens with two attached hydrogens (primary N) is 1. The van der Waals surface area contributed by atoms with Crippen molar-refractivity contribution in [2.45, 2.75) is 19.4 Å². The number of nitrogen functional groups attached to an aromatic ring is 1. The molecule has 2 N–H and O–H groups in total. The molecule has 1 aliphatic rings. The van der Waals surface area contributed by atoms with Gasteiger partial charge in [0.25, 0.3) is 0 Å². The van der Waals surface area contributed by atoms with Gasteiger partial charge in [-0.2, -0.15) is 5.10 Å². The van der Waals surface area contributed by atoms with Gasteiger partial charge in [0.1, 0.15) is 11.6 Å². The summed E-state index contributed by atoms with van der Waals surface area (Å²) < 4.78 is 5.88. The van der Waals surface area contributed by atoms with E-state index in [1.807, 2.05) is 47.4 Å². The lowest BCUT2D eigenvalue weighted by molar-refractivity contribution is -0.132. The van der Waals surface area contributed by atoms with Gasteiger partial charge in [-0.05, 0) is 23.1 Å². The van der Waals surface area contributed by atoms with Crippen molar-refractivity contribution in [3.05, 3.63) is 59.8 Å². The van der Waals surface area contributed by atoms with Crippen molar-refractivity contribution in [1.82, 2.24) is 15.1 Å². The first-order valence-electron chi connectivity index (χ1n) is 8.70. The molecular formula is C20H20N4O2. The third-order valence-electron chi connectivity index (χ3n) is 4.63.